The predicted octanol–water partition coefficient (Wildman–Crippen LogP) is 2.37. The van der Waals surface area contributed by atoms with Crippen LogP contribution in [-0.4, -0.2) is 10.8 Å². The second kappa shape index (κ2) is 6.61. The van der Waals surface area contributed by atoms with E-state index < -0.39 is 0 Å². The number of aromatic nitrogens is 1. The highest BCUT2D eigenvalue weighted by molar-refractivity contribution is 5.93. The molecule has 0 saturated heterocycles. The lowest BCUT2D eigenvalue weighted by molar-refractivity contribution is 0.306. The summed E-state index contributed by atoms with van der Waals surface area (Å²) in [4.78, 5) is 3.99. The quantitative estimate of drug-likeness (QED) is 0.657. The molecule has 0 aliphatic rings. The molecule has 3 N–H and O–H groups in total. The summed E-state index contributed by atoms with van der Waals surface area (Å²) < 4.78 is 5.59. The highest BCUT2D eigenvalue weighted by Gasteiger charge is 2.00. The number of benzene rings is 1. The van der Waals surface area contributed by atoms with Crippen molar-refractivity contribution in [3.8, 4) is 5.75 Å². The summed E-state index contributed by atoms with van der Waals surface area (Å²) in [5, 5.41) is 7.30. The van der Waals surface area contributed by atoms with Crippen LogP contribution in [0.15, 0.2) is 48.7 Å². The SMILES string of the molecule is Cl.N=C(N)c1cc(COc2ccccc2)ccn1. The zero-order chi connectivity index (χ0) is 12.1. The Bertz CT molecular complexity index is 517. The third-order valence-corrected chi connectivity index (χ3v) is 2.25. The van der Waals surface area contributed by atoms with Gasteiger partial charge in [-0.3, -0.25) is 10.4 Å². The molecule has 1 aromatic heterocycles. The van der Waals surface area contributed by atoms with Crippen LogP contribution in [0.25, 0.3) is 0 Å². The largest absolute Gasteiger partial charge is 0.489 e. The van der Waals surface area contributed by atoms with Gasteiger partial charge in [-0.2, -0.15) is 0 Å². The van der Waals surface area contributed by atoms with Crippen LogP contribution in [0, 0.1) is 5.41 Å². The summed E-state index contributed by atoms with van der Waals surface area (Å²) in [6.07, 6.45) is 1.63. The fourth-order valence-electron chi connectivity index (χ4n) is 1.39. The zero-order valence-electron chi connectivity index (χ0n) is 9.67. The number of ether oxygens (including phenoxy) is 1. The number of nitrogens with zero attached hydrogens (tertiary/aromatic N) is 1. The van der Waals surface area contributed by atoms with Crippen molar-refractivity contribution in [1.82, 2.24) is 4.98 Å². The van der Waals surface area contributed by atoms with Crippen LogP contribution in [0.5, 0.6) is 5.75 Å². The standard InChI is InChI=1S/C13H13N3O.ClH/c14-13(15)12-8-10(6-7-16-12)9-17-11-4-2-1-3-5-11;/h1-8H,9H2,(H3,14,15);1H. The minimum absolute atomic E-state index is 0. The zero-order valence-corrected chi connectivity index (χ0v) is 10.5. The Kier molecular flexibility index (Phi) is 5.14. The van der Waals surface area contributed by atoms with Gasteiger partial charge >= 0.3 is 0 Å². The monoisotopic (exact) mass is 263 g/mol. The summed E-state index contributed by atoms with van der Waals surface area (Å²) in [6.45, 7) is 0.437. The molecule has 1 aromatic carbocycles. The second-order valence-electron chi connectivity index (χ2n) is 3.56. The molecular weight excluding hydrogens is 250 g/mol. The Hall–Kier alpha value is -2.07. The average Bonchev–Trinajstić information content (AvgIpc) is 2.38. The number of hydrogen-bond acceptors (Lipinski definition) is 3. The number of halogens is 1. The lowest BCUT2D eigenvalue weighted by Crippen LogP contribution is -2.13. The first-order valence-corrected chi connectivity index (χ1v) is 5.23. The molecule has 0 radical (unpaired) electrons. The molecular formula is C13H14ClN3O. The molecule has 0 bridgehead atoms. The lowest BCUT2D eigenvalue weighted by Gasteiger charge is -2.06. The molecule has 18 heavy (non-hydrogen) atoms. The highest BCUT2D eigenvalue weighted by atomic mass is 35.5. The molecule has 0 unspecified atom stereocenters. The Morgan fingerprint density at radius 3 is 2.61 bits per heavy atom. The average molecular weight is 264 g/mol. The maximum absolute atomic E-state index is 7.30. The second-order valence-corrected chi connectivity index (χ2v) is 3.56. The van der Waals surface area contributed by atoms with E-state index in [2.05, 4.69) is 4.98 Å². The van der Waals surface area contributed by atoms with E-state index >= 15 is 0 Å². The van der Waals surface area contributed by atoms with Crippen LogP contribution in [0.4, 0.5) is 0 Å². The van der Waals surface area contributed by atoms with Gasteiger partial charge in [0.1, 0.15) is 23.9 Å². The fourth-order valence-corrected chi connectivity index (χ4v) is 1.39. The van der Waals surface area contributed by atoms with E-state index in [1.165, 1.54) is 0 Å². The first kappa shape index (κ1) is 14.0. The van der Waals surface area contributed by atoms with Gasteiger partial charge in [0.15, 0.2) is 0 Å². The molecule has 4 nitrogen and oxygen atoms in total. The minimum Gasteiger partial charge on any atom is -0.489 e. The van der Waals surface area contributed by atoms with Crippen molar-refractivity contribution >= 4 is 18.2 Å². The molecule has 2 rings (SSSR count). The molecule has 2 aromatic rings. The van der Waals surface area contributed by atoms with Crippen molar-refractivity contribution in [3.63, 3.8) is 0 Å². The normalized spacial score (nSPS) is 9.33. The van der Waals surface area contributed by atoms with Gasteiger partial charge in [0, 0.05) is 6.20 Å². The number of nitrogens with two attached hydrogens (primary N) is 1. The maximum atomic E-state index is 7.30. The first-order valence-electron chi connectivity index (χ1n) is 5.23. The van der Waals surface area contributed by atoms with E-state index in [0.29, 0.717) is 12.3 Å². The Labute approximate surface area is 112 Å². The number of nitrogen functional groups attached to an aromatic ring is 1. The third kappa shape index (κ3) is 3.75. The van der Waals surface area contributed by atoms with E-state index in [4.69, 9.17) is 15.9 Å². The molecule has 0 spiro atoms. The maximum Gasteiger partial charge on any atom is 0.141 e. The van der Waals surface area contributed by atoms with Crippen LogP contribution < -0.4 is 10.5 Å². The summed E-state index contributed by atoms with van der Waals surface area (Å²) in [6, 6.07) is 13.2. The molecule has 94 valence electrons. The van der Waals surface area contributed by atoms with E-state index in [-0.39, 0.29) is 18.2 Å². The van der Waals surface area contributed by atoms with Gasteiger partial charge < -0.3 is 10.5 Å². The smallest absolute Gasteiger partial charge is 0.141 e. The van der Waals surface area contributed by atoms with Gasteiger partial charge in [-0.25, -0.2) is 0 Å². The molecule has 5 heteroatoms. The summed E-state index contributed by atoms with van der Waals surface area (Å²) in [7, 11) is 0. The number of para-hydroxylation sites is 1. The predicted molar refractivity (Wildman–Crippen MR) is 73.3 cm³/mol. The van der Waals surface area contributed by atoms with Crippen molar-refractivity contribution in [2.45, 2.75) is 6.61 Å². The van der Waals surface area contributed by atoms with Gasteiger partial charge in [-0.05, 0) is 29.8 Å². The molecule has 0 fully saturated rings. The van der Waals surface area contributed by atoms with Crippen molar-refractivity contribution in [2.75, 3.05) is 0 Å². The van der Waals surface area contributed by atoms with Crippen LogP contribution in [0.2, 0.25) is 0 Å². The Balaban J connectivity index is 0.00000162. The highest BCUT2D eigenvalue weighted by Crippen LogP contribution is 2.11. The van der Waals surface area contributed by atoms with E-state index in [1.807, 2.05) is 36.4 Å². The number of hydrogen-bond donors (Lipinski definition) is 2. The molecule has 0 amide bonds. The molecule has 1 heterocycles. The molecule has 0 aliphatic carbocycles. The number of rotatable bonds is 4. The van der Waals surface area contributed by atoms with Crippen molar-refractivity contribution in [3.05, 3.63) is 59.9 Å². The molecule has 0 atom stereocenters. The number of amidine groups is 1. The first-order chi connectivity index (χ1) is 8.25. The Morgan fingerprint density at radius 1 is 1.22 bits per heavy atom. The fraction of sp³-hybridized carbons (Fsp3) is 0.0769. The van der Waals surface area contributed by atoms with Gasteiger partial charge in [0.25, 0.3) is 0 Å². The lowest BCUT2D eigenvalue weighted by atomic mass is 10.2. The van der Waals surface area contributed by atoms with E-state index in [9.17, 15) is 0 Å². The molecule has 0 aliphatic heterocycles. The van der Waals surface area contributed by atoms with E-state index in [0.717, 1.165) is 11.3 Å². The van der Waals surface area contributed by atoms with Crippen molar-refractivity contribution < 1.29 is 4.74 Å². The van der Waals surface area contributed by atoms with Gasteiger partial charge in [0.2, 0.25) is 0 Å². The number of nitrogens with one attached hydrogen (secondary N) is 1. The van der Waals surface area contributed by atoms with Crippen molar-refractivity contribution in [1.29, 1.82) is 5.41 Å². The topological polar surface area (TPSA) is 72.0 Å². The van der Waals surface area contributed by atoms with Gasteiger partial charge in [-0.1, -0.05) is 18.2 Å². The van der Waals surface area contributed by atoms with E-state index in [1.54, 1.807) is 12.3 Å². The minimum atomic E-state index is -0.0356. The number of pyridine rings is 1. The molecule has 0 saturated carbocycles. The Morgan fingerprint density at radius 2 is 1.94 bits per heavy atom. The van der Waals surface area contributed by atoms with Crippen LogP contribution in [-0.2, 0) is 6.61 Å². The van der Waals surface area contributed by atoms with Crippen LogP contribution >= 0.6 is 12.4 Å². The third-order valence-electron chi connectivity index (χ3n) is 2.25. The van der Waals surface area contributed by atoms with Crippen molar-refractivity contribution in [2.24, 2.45) is 5.73 Å². The van der Waals surface area contributed by atoms with Crippen LogP contribution in [0.1, 0.15) is 11.3 Å². The summed E-state index contributed by atoms with van der Waals surface area (Å²) in [5.41, 5.74) is 6.78. The van der Waals surface area contributed by atoms with Crippen LogP contribution in [0.3, 0.4) is 0 Å². The van der Waals surface area contributed by atoms with Gasteiger partial charge in [-0.15, -0.1) is 12.4 Å². The summed E-state index contributed by atoms with van der Waals surface area (Å²) >= 11 is 0. The summed E-state index contributed by atoms with van der Waals surface area (Å²) in [5.74, 6) is 0.778. The van der Waals surface area contributed by atoms with Gasteiger partial charge in [0.05, 0.1) is 0 Å².